The van der Waals surface area contributed by atoms with Gasteiger partial charge in [-0.05, 0) is 62.4 Å². The summed E-state index contributed by atoms with van der Waals surface area (Å²) in [5, 5.41) is 3.63. The number of benzene rings is 3. The van der Waals surface area contributed by atoms with Gasteiger partial charge in [-0.1, -0.05) is 66.2 Å². The molecule has 3 rings (SSSR count). The highest BCUT2D eigenvalue weighted by atomic mass is 16.5. The second kappa shape index (κ2) is 11.4. The molecule has 3 aromatic carbocycles. The van der Waals surface area contributed by atoms with Crippen molar-refractivity contribution in [1.82, 2.24) is 5.32 Å². The minimum Gasteiger partial charge on any atom is -0.490 e. The van der Waals surface area contributed by atoms with Gasteiger partial charge >= 0.3 is 0 Å². The molecule has 0 radical (unpaired) electrons. The van der Waals surface area contributed by atoms with Gasteiger partial charge in [0.15, 0.2) is 11.5 Å². The third-order valence-corrected chi connectivity index (χ3v) is 5.15. The zero-order valence-corrected chi connectivity index (χ0v) is 18.4. The molecule has 0 bridgehead atoms. The number of aryl methyl sites for hydroxylation is 2. The van der Waals surface area contributed by atoms with E-state index in [1.165, 1.54) is 16.7 Å². The lowest BCUT2D eigenvalue weighted by atomic mass is 10.1. The van der Waals surface area contributed by atoms with E-state index in [1.54, 1.807) is 0 Å². The van der Waals surface area contributed by atoms with Crippen LogP contribution in [-0.2, 0) is 19.6 Å². The number of rotatable bonds is 11. The van der Waals surface area contributed by atoms with E-state index in [9.17, 15) is 0 Å². The first-order valence-corrected chi connectivity index (χ1v) is 10.9. The van der Waals surface area contributed by atoms with E-state index < -0.39 is 0 Å². The number of nitrogens with one attached hydrogen (secondary N) is 1. The van der Waals surface area contributed by atoms with Crippen LogP contribution in [-0.4, -0.2) is 12.6 Å². The van der Waals surface area contributed by atoms with Crippen LogP contribution < -0.4 is 14.8 Å². The lowest BCUT2D eigenvalue weighted by molar-refractivity contribution is 0.269. The van der Waals surface area contributed by atoms with Crippen molar-refractivity contribution in [1.29, 1.82) is 0 Å². The summed E-state index contributed by atoms with van der Waals surface area (Å²) in [6.45, 7) is 8.31. The molecule has 3 heteroatoms. The van der Waals surface area contributed by atoms with Gasteiger partial charge in [0.2, 0.25) is 0 Å². The highest BCUT2D eigenvalue weighted by Gasteiger charge is 2.09. The molecule has 0 saturated heterocycles. The van der Waals surface area contributed by atoms with Crippen LogP contribution in [0.15, 0.2) is 72.8 Å². The van der Waals surface area contributed by atoms with Crippen LogP contribution >= 0.6 is 0 Å². The minimum atomic E-state index is 0.443. The van der Waals surface area contributed by atoms with Crippen LogP contribution in [0.3, 0.4) is 0 Å². The Bertz CT molecular complexity index is 908. The molecule has 158 valence electrons. The Morgan fingerprint density at radius 3 is 2.37 bits per heavy atom. The molecule has 0 spiro atoms. The lowest BCUT2D eigenvalue weighted by Gasteiger charge is -2.16. The van der Waals surface area contributed by atoms with Crippen LogP contribution in [0.5, 0.6) is 11.5 Å². The molecule has 0 aromatic heterocycles. The predicted molar refractivity (Wildman–Crippen MR) is 124 cm³/mol. The second-order valence-corrected chi connectivity index (χ2v) is 7.80. The maximum Gasteiger partial charge on any atom is 0.161 e. The van der Waals surface area contributed by atoms with E-state index in [2.05, 4.69) is 85.9 Å². The molecule has 0 aliphatic rings. The van der Waals surface area contributed by atoms with Crippen molar-refractivity contribution in [2.75, 3.05) is 6.61 Å². The highest BCUT2D eigenvalue weighted by Crippen LogP contribution is 2.29. The molecule has 1 atom stereocenters. The molecule has 3 nitrogen and oxygen atoms in total. The maximum atomic E-state index is 6.05. The first-order valence-electron chi connectivity index (χ1n) is 10.9. The van der Waals surface area contributed by atoms with E-state index in [1.807, 2.05) is 13.0 Å². The third-order valence-electron chi connectivity index (χ3n) is 5.15. The summed E-state index contributed by atoms with van der Waals surface area (Å²) in [4.78, 5) is 0. The van der Waals surface area contributed by atoms with Gasteiger partial charge in [-0.3, -0.25) is 0 Å². The predicted octanol–water partition coefficient (Wildman–Crippen LogP) is 6.08. The van der Waals surface area contributed by atoms with Crippen LogP contribution in [0.2, 0.25) is 0 Å². The van der Waals surface area contributed by atoms with E-state index in [-0.39, 0.29) is 0 Å². The summed E-state index contributed by atoms with van der Waals surface area (Å²) in [6, 6.07) is 25.7. The maximum absolute atomic E-state index is 6.05. The van der Waals surface area contributed by atoms with Crippen molar-refractivity contribution in [3.63, 3.8) is 0 Å². The molecule has 1 N–H and O–H groups in total. The normalized spacial score (nSPS) is 11.8. The van der Waals surface area contributed by atoms with Gasteiger partial charge in [0.05, 0.1) is 6.61 Å². The molecule has 0 unspecified atom stereocenters. The number of hydrogen-bond acceptors (Lipinski definition) is 3. The third kappa shape index (κ3) is 6.93. The molecular weight excluding hydrogens is 370 g/mol. The summed E-state index contributed by atoms with van der Waals surface area (Å²) in [5.41, 5.74) is 4.99. The van der Waals surface area contributed by atoms with Crippen molar-refractivity contribution < 1.29 is 9.47 Å². The van der Waals surface area contributed by atoms with Gasteiger partial charge in [0, 0.05) is 12.6 Å². The van der Waals surface area contributed by atoms with Crippen LogP contribution in [0.1, 0.15) is 42.5 Å². The smallest absolute Gasteiger partial charge is 0.161 e. The Morgan fingerprint density at radius 2 is 1.60 bits per heavy atom. The Kier molecular flexibility index (Phi) is 8.34. The van der Waals surface area contributed by atoms with Gasteiger partial charge in [-0.15, -0.1) is 0 Å². The quantitative estimate of drug-likeness (QED) is 0.421. The SMILES string of the molecule is CCOc1cc(CN[C@H](C)CCc2ccccc2)ccc1OCc1cccc(C)c1. The standard InChI is InChI=1S/C27H33NO2/c1-4-29-27-18-24(19-28-22(3)13-14-23-10-6-5-7-11-23)15-16-26(27)30-20-25-12-8-9-21(2)17-25/h5-12,15-18,22,28H,4,13-14,19-20H2,1-3H3/t22-/m1/s1. The van der Waals surface area contributed by atoms with Gasteiger partial charge < -0.3 is 14.8 Å². The van der Waals surface area contributed by atoms with E-state index in [4.69, 9.17) is 9.47 Å². The van der Waals surface area contributed by atoms with Crippen LogP contribution in [0.25, 0.3) is 0 Å². The average Bonchev–Trinajstić information content (AvgIpc) is 2.76. The summed E-state index contributed by atoms with van der Waals surface area (Å²) < 4.78 is 11.9. The van der Waals surface area contributed by atoms with Crippen molar-refractivity contribution in [3.8, 4) is 11.5 Å². The topological polar surface area (TPSA) is 30.5 Å². The Hall–Kier alpha value is -2.78. The van der Waals surface area contributed by atoms with Gasteiger partial charge in [-0.25, -0.2) is 0 Å². The fourth-order valence-corrected chi connectivity index (χ4v) is 3.43. The Morgan fingerprint density at radius 1 is 0.800 bits per heavy atom. The monoisotopic (exact) mass is 403 g/mol. The highest BCUT2D eigenvalue weighted by molar-refractivity contribution is 5.43. The molecule has 3 aromatic rings. The summed E-state index contributed by atoms with van der Waals surface area (Å²) in [7, 11) is 0. The summed E-state index contributed by atoms with van der Waals surface area (Å²) in [6.07, 6.45) is 2.20. The van der Waals surface area contributed by atoms with Gasteiger partial charge in [0.25, 0.3) is 0 Å². The molecule has 0 saturated carbocycles. The molecule has 0 aliphatic carbocycles. The first-order chi connectivity index (χ1) is 14.6. The molecule has 0 heterocycles. The van der Waals surface area contributed by atoms with Crippen LogP contribution in [0, 0.1) is 6.92 Å². The van der Waals surface area contributed by atoms with Gasteiger partial charge in [0.1, 0.15) is 6.61 Å². The fourth-order valence-electron chi connectivity index (χ4n) is 3.43. The molecular formula is C27H33NO2. The summed E-state index contributed by atoms with van der Waals surface area (Å²) >= 11 is 0. The first kappa shape index (κ1) is 21.9. The largest absolute Gasteiger partial charge is 0.490 e. The molecule has 0 amide bonds. The minimum absolute atomic E-state index is 0.443. The van der Waals surface area contributed by atoms with Crippen molar-refractivity contribution >= 4 is 0 Å². The second-order valence-electron chi connectivity index (χ2n) is 7.80. The van der Waals surface area contributed by atoms with E-state index >= 15 is 0 Å². The van der Waals surface area contributed by atoms with E-state index in [0.717, 1.165) is 36.4 Å². The summed E-state index contributed by atoms with van der Waals surface area (Å²) in [5.74, 6) is 1.60. The van der Waals surface area contributed by atoms with Crippen molar-refractivity contribution in [3.05, 3.63) is 95.1 Å². The Labute approximate surface area is 181 Å². The van der Waals surface area contributed by atoms with Crippen LogP contribution in [0.4, 0.5) is 0 Å². The number of ether oxygens (including phenoxy) is 2. The van der Waals surface area contributed by atoms with Gasteiger partial charge in [-0.2, -0.15) is 0 Å². The molecule has 0 aliphatic heterocycles. The van der Waals surface area contributed by atoms with Crippen molar-refractivity contribution in [2.24, 2.45) is 0 Å². The zero-order chi connectivity index (χ0) is 21.2. The fraction of sp³-hybridized carbons (Fsp3) is 0.333. The van der Waals surface area contributed by atoms with Crippen molar-refractivity contribution in [2.45, 2.75) is 52.8 Å². The lowest BCUT2D eigenvalue weighted by Crippen LogP contribution is -2.26. The number of hydrogen-bond donors (Lipinski definition) is 1. The van der Waals surface area contributed by atoms with E-state index in [0.29, 0.717) is 19.3 Å². The molecule has 30 heavy (non-hydrogen) atoms. The molecule has 0 fully saturated rings. The Balaban J connectivity index is 1.54. The zero-order valence-electron chi connectivity index (χ0n) is 18.4. The average molecular weight is 404 g/mol.